The van der Waals surface area contributed by atoms with E-state index in [1.165, 1.54) is 13.8 Å². The van der Waals surface area contributed by atoms with Crippen LogP contribution in [0.5, 0.6) is 0 Å². The Kier molecular flexibility index (Phi) is 21.9. The molecule has 5 aliphatic carbocycles. The third-order valence-electron chi connectivity index (χ3n) is 19.9. The number of nitrogens with one attached hydrogen (secondary N) is 2. The summed E-state index contributed by atoms with van der Waals surface area (Å²) >= 11 is 0. The summed E-state index contributed by atoms with van der Waals surface area (Å²) in [5.41, 5.74) is -0.488. The molecule has 7 fully saturated rings. The molecule has 7 rings (SSSR count). The standard InChI is InChI=1S/C56H95N3O19/c1-8-9-10-32(51(70)57-19-20-73-34-17-18-55(5)33(23-34)24-39(62)44-37-15-14-36(28(2)11-16-43(64)65)56(37,6)42(63)25-38(44)55)22-35(27-74-54-49(69)48(68)46(66)29(3)75-54)76-53-45(58-30(4)61)50(47(67)41(26-60)78-53)77-40(21-31-12-13-31)52(71)59(7)72/h28-29,31-42,44-50,53-54,60,62-63,66-69,72H,8-27H2,1-7H3,(H,57,70)(H,58,61)(H,64,65)/t28-,29+,32?,33+,34-,35-,36-,37+,38+,39-,40+,41+,42+,44+,45?,46?,47+,48+,49+,50?,53-,54?,55+,56-/m1/s1. The van der Waals surface area contributed by atoms with E-state index >= 15 is 0 Å². The highest BCUT2D eigenvalue weighted by molar-refractivity contribution is 5.80. The van der Waals surface area contributed by atoms with Crippen molar-refractivity contribution < 1.29 is 93.7 Å². The molecule has 0 aromatic rings. The Bertz CT molecular complexity index is 1990. The Labute approximate surface area is 459 Å². The molecule has 5 saturated carbocycles. The van der Waals surface area contributed by atoms with Crippen LogP contribution in [0.4, 0.5) is 0 Å². The Hall–Kier alpha value is -2.68. The summed E-state index contributed by atoms with van der Waals surface area (Å²) in [7, 11) is 1.15. The lowest BCUT2D eigenvalue weighted by atomic mass is 9.43. The molecule has 0 spiro atoms. The van der Waals surface area contributed by atoms with Crippen molar-refractivity contribution in [2.24, 2.45) is 58.2 Å². The van der Waals surface area contributed by atoms with Crippen molar-refractivity contribution in [3.63, 3.8) is 0 Å². The van der Waals surface area contributed by atoms with Crippen LogP contribution in [0.15, 0.2) is 0 Å². The Morgan fingerprint density at radius 2 is 1.59 bits per heavy atom. The third-order valence-corrected chi connectivity index (χ3v) is 19.9. The number of likely N-dealkylation sites (N-methyl/N-ethyl adjacent to an activating group) is 1. The summed E-state index contributed by atoms with van der Waals surface area (Å²) in [4.78, 5) is 51.8. The monoisotopic (exact) mass is 1110 g/mol. The fourth-order valence-corrected chi connectivity index (χ4v) is 15.2. The van der Waals surface area contributed by atoms with Crippen molar-refractivity contribution >= 4 is 23.7 Å². The fourth-order valence-electron chi connectivity index (χ4n) is 15.2. The summed E-state index contributed by atoms with van der Waals surface area (Å²) in [6, 6.07) is -1.32. The van der Waals surface area contributed by atoms with Gasteiger partial charge in [-0.1, -0.05) is 53.4 Å². The van der Waals surface area contributed by atoms with Gasteiger partial charge in [0.05, 0.1) is 50.3 Å². The zero-order valence-electron chi connectivity index (χ0n) is 47.0. The van der Waals surface area contributed by atoms with Crippen molar-refractivity contribution in [3.05, 3.63) is 0 Å². The molecular weight excluding hydrogens is 1020 g/mol. The van der Waals surface area contributed by atoms with Crippen LogP contribution in [-0.2, 0) is 47.6 Å². The molecule has 22 heteroatoms. The first kappa shape index (κ1) is 62.9. The van der Waals surface area contributed by atoms with Crippen LogP contribution in [0.2, 0.25) is 0 Å². The van der Waals surface area contributed by atoms with Gasteiger partial charge in [0.2, 0.25) is 11.8 Å². The normalized spacial score (nSPS) is 41.1. The molecule has 2 saturated heterocycles. The van der Waals surface area contributed by atoms with Gasteiger partial charge in [0, 0.05) is 32.9 Å². The van der Waals surface area contributed by atoms with E-state index in [1.54, 1.807) is 0 Å². The van der Waals surface area contributed by atoms with Gasteiger partial charge in [-0.2, -0.15) is 0 Å². The maximum Gasteiger partial charge on any atom is 0.303 e. The van der Waals surface area contributed by atoms with Crippen LogP contribution < -0.4 is 10.6 Å². The number of hydrogen-bond donors (Lipinski definition) is 11. The third kappa shape index (κ3) is 14.2. The molecule has 0 radical (unpaired) electrons. The van der Waals surface area contributed by atoms with Gasteiger partial charge in [-0.15, -0.1) is 0 Å². The van der Waals surface area contributed by atoms with Crippen LogP contribution in [0.25, 0.3) is 0 Å². The number of amides is 3. The minimum absolute atomic E-state index is 0.0225. The number of hydroxylamine groups is 2. The Morgan fingerprint density at radius 3 is 2.24 bits per heavy atom. The number of aliphatic carboxylic acids is 1. The lowest BCUT2D eigenvalue weighted by Crippen LogP contribution is -2.67. The minimum Gasteiger partial charge on any atom is -0.481 e. The van der Waals surface area contributed by atoms with Crippen molar-refractivity contribution in [2.75, 3.05) is 33.4 Å². The number of aliphatic hydroxyl groups excluding tert-OH is 7. The number of rotatable bonds is 26. The molecule has 2 aliphatic heterocycles. The summed E-state index contributed by atoms with van der Waals surface area (Å²) in [5.74, 6) is -2.20. The number of unbranched alkanes of at least 4 members (excludes halogenated alkanes) is 1. The van der Waals surface area contributed by atoms with E-state index in [4.69, 9.17) is 28.4 Å². The maximum atomic E-state index is 14.3. The number of carbonyl (C=O) groups excluding carboxylic acids is 3. The second-order valence-corrected chi connectivity index (χ2v) is 25.0. The lowest BCUT2D eigenvalue weighted by Gasteiger charge is -2.63. The molecule has 78 heavy (non-hydrogen) atoms. The van der Waals surface area contributed by atoms with Crippen molar-refractivity contribution in [1.29, 1.82) is 0 Å². The Balaban J connectivity index is 1.01. The number of aliphatic hydroxyl groups is 7. The van der Waals surface area contributed by atoms with E-state index in [0.717, 1.165) is 58.4 Å². The highest BCUT2D eigenvalue weighted by Gasteiger charge is 2.66. The molecule has 11 N–H and O–H groups in total. The van der Waals surface area contributed by atoms with E-state index in [9.17, 15) is 65.2 Å². The summed E-state index contributed by atoms with van der Waals surface area (Å²) in [6.07, 6.45) is -6.63. The maximum absolute atomic E-state index is 14.3. The molecule has 5 unspecified atom stereocenters. The number of fused-ring (bicyclic) bond motifs is 5. The summed E-state index contributed by atoms with van der Waals surface area (Å²) in [6.45, 7) is 10.6. The average Bonchev–Trinajstić information content (AvgIpc) is 4.05. The van der Waals surface area contributed by atoms with Gasteiger partial charge in [0.25, 0.3) is 5.91 Å². The van der Waals surface area contributed by atoms with Gasteiger partial charge >= 0.3 is 5.97 Å². The fraction of sp³-hybridized carbons (Fsp3) is 0.929. The van der Waals surface area contributed by atoms with E-state index < -0.39 is 116 Å². The van der Waals surface area contributed by atoms with E-state index in [1.807, 2.05) is 6.92 Å². The van der Waals surface area contributed by atoms with Gasteiger partial charge in [-0.05, 0) is 130 Å². The molecule has 24 atom stereocenters. The summed E-state index contributed by atoms with van der Waals surface area (Å²) < 4.78 is 37.3. The SMILES string of the molecule is CCCCC(C[C@H](COC1O[C@@H](C)C(O)[C@H](O)[C@@H]1O)O[C@@H]1O[C@@H](CO)[C@H](O)C(O[C@@H](CC2CC2)C(=O)N(C)O)C1NC(C)=O)C(=O)NCCO[C@@H]1CC[C@@]2(C)[C@@H](C1)C[C@@H](O)[C@@H]1[C@@H]2C[C@H](O)[C@]2(C)[C@@H]([C@H](C)CCC(=O)O)CC[C@@H]12. The molecule has 0 bridgehead atoms. The molecule has 7 aliphatic rings. The van der Waals surface area contributed by atoms with Crippen molar-refractivity contribution in [3.8, 4) is 0 Å². The first-order valence-corrected chi connectivity index (χ1v) is 29.2. The number of carboxylic acid groups (broad SMARTS) is 1. The van der Waals surface area contributed by atoms with Gasteiger partial charge in [-0.25, -0.2) is 5.06 Å². The summed E-state index contributed by atoms with van der Waals surface area (Å²) in [5, 5.41) is 104. The van der Waals surface area contributed by atoms with Crippen molar-refractivity contribution in [1.82, 2.24) is 15.7 Å². The van der Waals surface area contributed by atoms with Crippen molar-refractivity contribution in [2.45, 2.75) is 236 Å². The van der Waals surface area contributed by atoms with Crippen LogP contribution in [0.3, 0.4) is 0 Å². The second-order valence-electron chi connectivity index (χ2n) is 25.0. The van der Waals surface area contributed by atoms with Gasteiger partial charge in [-0.3, -0.25) is 24.4 Å². The minimum atomic E-state index is -1.67. The smallest absolute Gasteiger partial charge is 0.303 e. The molecule has 2 heterocycles. The van der Waals surface area contributed by atoms with Crippen LogP contribution in [-0.4, -0.2) is 200 Å². The predicted molar refractivity (Wildman–Crippen MR) is 278 cm³/mol. The second kappa shape index (κ2) is 27.1. The number of carbonyl (C=O) groups is 4. The number of ether oxygens (including phenoxy) is 6. The van der Waals surface area contributed by atoms with E-state index in [2.05, 4.69) is 31.4 Å². The van der Waals surface area contributed by atoms with E-state index in [0.29, 0.717) is 37.2 Å². The topological polar surface area (TPSA) is 333 Å². The Morgan fingerprint density at radius 1 is 0.859 bits per heavy atom. The van der Waals surface area contributed by atoms with Gasteiger partial charge in [0.15, 0.2) is 12.6 Å². The molecule has 22 nitrogen and oxygen atoms in total. The quantitative estimate of drug-likeness (QED) is 0.0335. The number of carboxylic acids is 1. The van der Waals surface area contributed by atoms with Gasteiger partial charge < -0.3 is 79.9 Å². The number of nitrogens with zero attached hydrogens (tertiary/aromatic N) is 1. The highest BCUT2D eigenvalue weighted by Crippen LogP contribution is 2.68. The average molecular weight is 1110 g/mol. The molecular formula is C56H95N3O19. The van der Waals surface area contributed by atoms with Crippen LogP contribution >= 0.6 is 0 Å². The first-order valence-electron chi connectivity index (χ1n) is 29.2. The molecule has 0 aromatic heterocycles. The predicted octanol–water partition coefficient (Wildman–Crippen LogP) is 2.00. The zero-order chi connectivity index (χ0) is 57.0. The van der Waals surface area contributed by atoms with E-state index in [-0.39, 0.29) is 103 Å². The first-order chi connectivity index (χ1) is 36.9. The molecule has 0 aromatic carbocycles. The highest BCUT2D eigenvalue weighted by atomic mass is 16.7. The molecule has 3 amide bonds. The number of hydrogen-bond acceptors (Lipinski definition) is 18. The van der Waals surface area contributed by atoms with Gasteiger partial charge in [0.1, 0.15) is 48.8 Å². The van der Waals surface area contributed by atoms with Crippen LogP contribution in [0.1, 0.15) is 144 Å². The molecule has 448 valence electrons. The lowest BCUT2D eigenvalue weighted by molar-refractivity contribution is -0.316. The largest absolute Gasteiger partial charge is 0.481 e. The van der Waals surface area contributed by atoms with Crippen LogP contribution in [0, 0.1) is 58.2 Å². The zero-order valence-corrected chi connectivity index (χ0v) is 47.0.